The Bertz CT molecular complexity index is 628. The van der Waals surface area contributed by atoms with Crippen LogP contribution in [-0.2, 0) is 33.4 Å². The van der Waals surface area contributed by atoms with Crippen LogP contribution in [0.15, 0.2) is 12.2 Å². The predicted molar refractivity (Wildman–Crippen MR) is 124 cm³/mol. The van der Waals surface area contributed by atoms with Crippen LogP contribution >= 0.6 is 0 Å². The fourth-order valence-electron chi connectivity index (χ4n) is 3.56. The minimum Gasteiger partial charge on any atom is -0.469 e. The highest BCUT2D eigenvalue weighted by Crippen LogP contribution is 2.27. The summed E-state index contributed by atoms with van der Waals surface area (Å²) in [4.78, 5) is 48.0. The third-order valence-corrected chi connectivity index (χ3v) is 5.61. The number of hydrogen-bond acceptors (Lipinski definition) is 8. The molecule has 1 N–H and O–H groups in total. The maximum absolute atomic E-state index is 12.2. The van der Waals surface area contributed by atoms with Crippen molar-refractivity contribution in [1.82, 2.24) is 0 Å². The number of hydrogen-bond donors (Lipinski definition) is 1. The van der Waals surface area contributed by atoms with Crippen LogP contribution in [0, 0.1) is 5.92 Å². The van der Waals surface area contributed by atoms with E-state index < -0.39 is 35.8 Å². The van der Waals surface area contributed by atoms with Crippen LogP contribution in [0.4, 0.5) is 0 Å². The van der Waals surface area contributed by atoms with Gasteiger partial charge in [0.25, 0.3) is 0 Å². The van der Waals surface area contributed by atoms with Gasteiger partial charge in [-0.25, -0.2) is 4.79 Å². The molecule has 0 spiro atoms. The van der Waals surface area contributed by atoms with E-state index in [0.29, 0.717) is 25.0 Å². The monoisotopic (exact) mass is 470 g/mol. The van der Waals surface area contributed by atoms with Crippen molar-refractivity contribution in [2.75, 3.05) is 21.3 Å². The lowest BCUT2D eigenvalue weighted by Crippen LogP contribution is -2.51. The van der Waals surface area contributed by atoms with Crippen molar-refractivity contribution in [2.45, 2.75) is 96.0 Å². The highest BCUT2D eigenvalue weighted by molar-refractivity contribution is 5.92. The van der Waals surface area contributed by atoms with Gasteiger partial charge in [-0.3, -0.25) is 14.4 Å². The number of unbranched alkanes of at least 4 members (excludes halogenated alkanes) is 8. The van der Waals surface area contributed by atoms with Crippen molar-refractivity contribution in [1.29, 1.82) is 0 Å². The van der Waals surface area contributed by atoms with Crippen LogP contribution in [0.5, 0.6) is 0 Å². The summed E-state index contributed by atoms with van der Waals surface area (Å²) in [7, 11) is 3.30. The molecule has 0 bridgehead atoms. The van der Waals surface area contributed by atoms with Crippen molar-refractivity contribution in [3.63, 3.8) is 0 Å². The second kappa shape index (κ2) is 18.2. The third kappa shape index (κ3) is 12.6. The average Bonchev–Trinajstić information content (AvgIpc) is 2.81. The van der Waals surface area contributed by atoms with Crippen molar-refractivity contribution in [2.24, 2.45) is 5.92 Å². The number of aliphatic hydroxyl groups is 1. The van der Waals surface area contributed by atoms with Gasteiger partial charge in [0.2, 0.25) is 0 Å². The van der Waals surface area contributed by atoms with Crippen molar-refractivity contribution >= 4 is 23.7 Å². The summed E-state index contributed by atoms with van der Waals surface area (Å²) in [6, 6.07) is 0. The van der Waals surface area contributed by atoms with Gasteiger partial charge < -0.3 is 19.3 Å². The van der Waals surface area contributed by atoms with E-state index in [4.69, 9.17) is 4.74 Å². The van der Waals surface area contributed by atoms with E-state index >= 15 is 0 Å². The predicted octanol–water partition coefficient (Wildman–Crippen LogP) is 4.07. The number of methoxy groups -OCH3 is 3. The zero-order chi connectivity index (χ0) is 25.1. The van der Waals surface area contributed by atoms with E-state index in [1.54, 1.807) is 6.08 Å². The maximum Gasteiger partial charge on any atom is 0.339 e. The lowest BCUT2D eigenvalue weighted by molar-refractivity contribution is -0.180. The fraction of sp³-hybridized carbons (Fsp3) is 0.760. The zero-order valence-electron chi connectivity index (χ0n) is 20.7. The van der Waals surface area contributed by atoms with Gasteiger partial charge in [-0.1, -0.05) is 57.6 Å². The molecule has 0 aliphatic heterocycles. The second-order valence-electron chi connectivity index (χ2n) is 8.25. The number of ether oxygens (including phenoxy) is 3. The minimum absolute atomic E-state index is 0.333. The third-order valence-electron chi connectivity index (χ3n) is 5.61. The highest BCUT2D eigenvalue weighted by Gasteiger charge is 2.50. The zero-order valence-corrected chi connectivity index (χ0v) is 20.7. The molecule has 190 valence electrons. The topological polar surface area (TPSA) is 116 Å². The first kappa shape index (κ1) is 30.8. The van der Waals surface area contributed by atoms with Crippen molar-refractivity contribution in [3.8, 4) is 0 Å². The van der Waals surface area contributed by atoms with Crippen molar-refractivity contribution in [3.05, 3.63) is 12.2 Å². The first-order valence-electron chi connectivity index (χ1n) is 11.9. The Labute approximate surface area is 198 Å². The standard InChI is InChI=1S/C25H42O8/c1-5-6-7-10-13-16-20(26)17-14-11-8-9-12-15-18-21(23(28)32-3)25(30,24(29)33-4)19-22(27)31-2/h15,18,21,30H,5-14,16-17,19H2,1-4H3/b18-15+/t21-,25-/m0/s1. The molecule has 2 atom stereocenters. The van der Waals surface area contributed by atoms with E-state index in [0.717, 1.165) is 59.9 Å². The van der Waals surface area contributed by atoms with Gasteiger partial charge >= 0.3 is 17.9 Å². The molecule has 8 nitrogen and oxygen atoms in total. The van der Waals surface area contributed by atoms with Crippen LogP contribution in [-0.4, -0.2) is 55.7 Å². The summed E-state index contributed by atoms with van der Waals surface area (Å²) >= 11 is 0. The molecule has 0 fully saturated rings. The molecule has 0 saturated carbocycles. The first-order valence-corrected chi connectivity index (χ1v) is 11.9. The smallest absolute Gasteiger partial charge is 0.339 e. The first-order chi connectivity index (χ1) is 15.8. The fourth-order valence-corrected chi connectivity index (χ4v) is 3.56. The molecule has 0 aromatic rings. The number of Topliss-reactive ketones (excluding diaryl/α,β-unsaturated/α-hetero) is 1. The van der Waals surface area contributed by atoms with Crippen molar-refractivity contribution < 1.29 is 38.5 Å². The molecular formula is C25H42O8. The van der Waals surface area contributed by atoms with E-state index in [-0.39, 0.29) is 0 Å². The van der Waals surface area contributed by atoms with E-state index in [9.17, 15) is 24.3 Å². The molecule has 0 unspecified atom stereocenters. The number of ketones is 1. The minimum atomic E-state index is -2.43. The average molecular weight is 471 g/mol. The number of carbonyl (C=O) groups excluding carboxylic acids is 4. The lowest BCUT2D eigenvalue weighted by atomic mass is 9.83. The van der Waals surface area contributed by atoms with Gasteiger partial charge in [0, 0.05) is 12.8 Å². The molecule has 0 radical (unpaired) electrons. The Morgan fingerprint density at radius 1 is 0.818 bits per heavy atom. The molecular weight excluding hydrogens is 428 g/mol. The van der Waals surface area contributed by atoms with Gasteiger partial charge in [0.15, 0.2) is 5.60 Å². The number of carbonyl (C=O) groups is 4. The molecule has 0 aromatic carbocycles. The van der Waals surface area contributed by atoms with E-state index in [1.165, 1.54) is 25.3 Å². The Hall–Kier alpha value is -2.22. The number of esters is 3. The molecule has 33 heavy (non-hydrogen) atoms. The molecule has 0 aromatic heterocycles. The van der Waals surface area contributed by atoms with Gasteiger partial charge in [-0.05, 0) is 25.7 Å². The van der Waals surface area contributed by atoms with Gasteiger partial charge in [0.1, 0.15) is 11.7 Å². The molecule has 0 aliphatic rings. The Morgan fingerprint density at radius 3 is 1.91 bits per heavy atom. The molecule has 0 rings (SSSR count). The van der Waals surface area contributed by atoms with Crippen LogP contribution in [0.3, 0.4) is 0 Å². The van der Waals surface area contributed by atoms with Crippen LogP contribution in [0.2, 0.25) is 0 Å². The quantitative estimate of drug-likeness (QED) is 0.130. The van der Waals surface area contributed by atoms with Crippen LogP contribution < -0.4 is 0 Å². The van der Waals surface area contributed by atoms with Gasteiger partial charge in [-0.2, -0.15) is 0 Å². The number of allylic oxidation sites excluding steroid dienone is 1. The van der Waals surface area contributed by atoms with Gasteiger partial charge in [-0.15, -0.1) is 0 Å². The Balaban J connectivity index is 4.52. The van der Waals surface area contributed by atoms with Crippen LogP contribution in [0.1, 0.15) is 90.4 Å². The molecule has 0 saturated heterocycles. The lowest BCUT2D eigenvalue weighted by Gasteiger charge is -2.29. The summed E-state index contributed by atoms with van der Waals surface area (Å²) in [6.45, 7) is 2.17. The molecule has 0 amide bonds. The summed E-state index contributed by atoms with van der Waals surface area (Å²) in [6.07, 6.45) is 13.5. The summed E-state index contributed by atoms with van der Waals surface area (Å²) in [5.41, 5.74) is -2.43. The van der Waals surface area contributed by atoms with E-state index in [2.05, 4.69) is 16.4 Å². The molecule has 8 heteroatoms. The Morgan fingerprint density at radius 2 is 1.39 bits per heavy atom. The molecule has 0 aliphatic carbocycles. The number of rotatable bonds is 19. The summed E-state index contributed by atoms with van der Waals surface area (Å²) < 4.78 is 13.8. The summed E-state index contributed by atoms with van der Waals surface area (Å²) in [5, 5.41) is 10.8. The largest absolute Gasteiger partial charge is 0.469 e. The maximum atomic E-state index is 12.2. The summed E-state index contributed by atoms with van der Waals surface area (Å²) in [5.74, 6) is -3.93. The SMILES string of the molecule is CCCCCCCC(=O)CCCCCC/C=C/[C@@H](C(=O)OC)[C@@](O)(CC(=O)OC)C(=O)OC. The Kier molecular flexibility index (Phi) is 17.0. The van der Waals surface area contributed by atoms with Gasteiger partial charge in [0.05, 0.1) is 27.8 Å². The second-order valence-corrected chi connectivity index (χ2v) is 8.25. The molecule has 0 heterocycles. The van der Waals surface area contributed by atoms with E-state index in [1.807, 2.05) is 0 Å². The highest BCUT2D eigenvalue weighted by atomic mass is 16.6. The normalized spacial score (nSPS) is 13.8. The van der Waals surface area contributed by atoms with Crippen LogP contribution in [0.25, 0.3) is 0 Å².